The fourth-order valence-corrected chi connectivity index (χ4v) is 9.51. The molecule has 0 N–H and O–H groups in total. The Morgan fingerprint density at radius 1 is 0.444 bits per heavy atom. The van der Waals surface area contributed by atoms with Gasteiger partial charge in [0, 0.05) is 25.9 Å². The highest BCUT2D eigenvalue weighted by Gasteiger charge is 2.24. The van der Waals surface area contributed by atoms with Gasteiger partial charge in [-0.25, -0.2) is 0 Å². The fraction of sp³-hybridized carbons (Fsp3) is 0. The number of hydrogen-bond acceptors (Lipinski definition) is 3. The minimum absolute atomic E-state index is 0.0469. The second-order valence-corrected chi connectivity index (χ2v) is 13.6. The molecule has 0 saturated carbocycles. The lowest BCUT2D eigenvalue weighted by Gasteiger charge is -2.21. The van der Waals surface area contributed by atoms with Gasteiger partial charge in [0.2, 0.25) is 0 Å². The molecule has 0 bridgehead atoms. The smallest absolute Gasteiger partial charge is 0.263 e. The number of fused-ring (bicyclic) bond motifs is 10. The first-order valence-electron chi connectivity index (χ1n) is 15.0. The Labute approximate surface area is 266 Å². The molecule has 0 spiro atoms. The van der Waals surface area contributed by atoms with Crippen LogP contribution < -0.4 is 5.56 Å². The van der Waals surface area contributed by atoms with E-state index in [0.717, 1.165) is 42.9 Å². The molecule has 0 aliphatic carbocycles. The van der Waals surface area contributed by atoms with Crippen LogP contribution in [-0.2, 0) is 0 Å². The first-order chi connectivity index (χ1) is 22.2. The Morgan fingerprint density at radius 3 is 1.71 bits per heavy atom. The molecule has 0 amide bonds. The van der Waals surface area contributed by atoms with Gasteiger partial charge in [-0.2, -0.15) is 0 Å². The summed E-state index contributed by atoms with van der Waals surface area (Å²) in [6, 6.07) is 47.6. The van der Waals surface area contributed by atoms with Gasteiger partial charge in [-0.3, -0.25) is 9.36 Å². The van der Waals surface area contributed by atoms with Crippen molar-refractivity contribution in [2.45, 2.75) is 9.79 Å². The van der Waals surface area contributed by atoms with Crippen molar-refractivity contribution in [1.82, 2.24) is 4.57 Å². The van der Waals surface area contributed by atoms with Crippen LogP contribution in [0.25, 0.3) is 81.2 Å². The van der Waals surface area contributed by atoms with Gasteiger partial charge in [-0.05, 0) is 84.9 Å². The summed E-state index contributed by atoms with van der Waals surface area (Å²) in [5, 5.41) is 11.7. The summed E-state index contributed by atoms with van der Waals surface area (Å²) in [5.74, 6) is 0. The van der Waals surface area contributed by atoms with Crippen LogP contribution in [0.15, 0.2) is 153 Å². The normalized spacial score (nSPS) is 12.4. The zero-order valence-corrected chi connectivity index (χ0v) is 25.6. The Balaban J connectivity index is 1.11. The minimum Gasteiger partial charge on any atom is -0.273 e. The zero-order valence-electron chi connectivity index (χ0n) is 24.0. The number of benzene rings is 7. The molecular weight excluding hydrogens is 587 g/mol. The van der Waals surface area contributed by atoms with Crippen LogP contribution in [0.5, 0.6) is 0 Å². The molecule has 0 radical (unpaired) electrons. The van der Waals surface area contributed by atoms with Crippen molar-refractivity contribution in [1.29, 1.82) is 0 Å². The number of nitrogens with zero attached hydrogens (tertiary/aromatic N) is 1. The maximum atomic E-state index is 13.8. The van der Waals surface area contributed by atoms with Crippen molar-refractivity contribution in [2.75, 3.05) is 0 Å². The average Bonchev–Trinajstić information content (AvgIpc) is 3.53. The van der Waals surface area contributed by atoms with Gasteiger partial charge in [0.1, 0.15) is 0 Å². The number of hydrogen-bond donors (Lipinski definition) is 0. The molecular formula is C41H23NOS2. The van der Waals surface area contributed by atoms with E-state index in [1.807, 2.05) is 22.8 Å². The van der Waals surface area contributed by atoms with Crippen LogP contribution >= 0.6 is 23.1 Å². The van der Waals surface area contributed by atoms with Crippen molar-refractivity contribution < 1.29 is 0 Å². The van der Waals surface area contributed by atoms with Gasteiger partial charge in [0.05, 0.1) is 15.9 Å². The van der Waals surface area contributed by atoms with Crippen LogP contribution in [0, 0.1) is 0 Å². The highest BCUT2D eigenvalue weighted by Crippen LogP contribution is 2.47. The van der Waals surface area contributed by atoms with E-state index < -0.39 is 0 Å². The van der Waals surface area contributed by atoms with E-state index in [0.29, 0.717) is 0 Å². The van der Waals surface area contributed by atoms with Crippen LogP contribution in [-0.4, -0.2) is 4.57 Å². The second kappa shape index (κ2) is 9.42. The maximum absolute atomic E-state index is 13.8. The van der Waals surface area contributed by atoms with E-state index in [2.05, 4.69) is 121 Å². The van der Waals surface area contributed by atoms with Gasteiger partial charge in [-0.15, -0.1) is 11.3 Å². The first-order valence-corrected chi connectivity index (χ1v) is 16.7. The Hall–Kier alpha value is -5.16. The molecule has 2 aromatic heterocycles. The van der Waals surface area contributed by atoms with Crippen LogP contribution in [0.3, 0.4) is 0 Å². The minimum atomic E-state index is 0.0469. The van der Waals surface area contributed by atoms with Crippen molar-refractivity contribution in [3.63, 3.8) is 0 Å². The van der Waals surface area contributed by atoms with E-state index >= 15 is 0 Å². The lowest BCUT2D eigenvalue weighted by molar-refractivity contribution is 1.01. The summed E-state index contributed by atoms with van der Waals surface area (Å²) >= 11 is 3.49. The predicted octanol–water partition coefficient (Wildman–Crippen LogP) is 11.5. The summed E-state index contributed by atoms with van der Waals surface area (Å²) in [7, 11) is 0. The Kier molecular flexibility index (Phi) is 5.27. The zero-order chi connectivity index (χ0) is 29.6. The van der Waals surface area contributed by atoms with Crippen molar-refractivity contribution in [2.24, 2.45) is 0 Å². The molecule has 0 atom stereocenters. The largest absolute Gasteiger partial charge is 0.273 e. The van der Waals surface area contributed by atoms with E-state index in [4.69, 9.17) is 0 Å². The maximum Gasteiger partial charge on any atom is 0.263 e. The van der Waals surface area contributed by atoms with Crippen molar-refractivity contribution >= 4 is 76.4 Å². The highest BCUT2D eigenvalue weighted by atomic mass is 32.2. The molecule has 10 rings (SSSR count). The molecule has 7 aromatic carbocycles. The highest BCUT2D eigenvalue weighted by molar-refractivity contribution is 8.00. The Bertz CT molecular complexity index is 2730. The lowest BCUT2D eigenvalue weighted by Crippen LogP contribution is -2.21. The topological polar surface area (TPSA) is 22.0 Å². The number of pyridine rings is 1. The standard InChI is InChI=1S/C41H23NOS2/c43-41-34-15-6-5-14-33(34)40-39-38(23-44-40)45-37-22-27(17-19-36(37)42(39)41)25-9-7-8-24(20-25)26-16-18-32-30-12-2-1-10-28(30)29-11-3-4-13-31(29)35(32)21-26/h1-23H. The van der Waals surface area contributed by atoms with E-state index in [1.54, 1.807) is 23.1 Å². The first kappa shape index (κ1) is 25.2. The van der Waals surface area contributed by atoms with E-state index in [1.165, 1.54) is 48.1 Å². The quantitative estimate of drug-likeness (QED) is 0.182. The van der Waals surface area contributed by atoms with Gasteiger partial charge in [0.15, 0.2) is 0 Å². The molecule has 3 heterocycles. The summed E-state index contributed by atoms with van der Waals surface area (Å²) < 4.78 is 3.10. The predicted molar refractivity (Wildman–Crippen MR) is 192 cm³/mol. The van der Waals surface area contributed by atoms with Crippen LogP contribution in [0.2, 0.25) is 0 Å². The third-order valence-corrected chi connectivity index (χ3v) is 11.5. The third-order valence-electron chi connectivity index (χ3n) is 9.26. The lowest BCUT2D eigenvalue weighted by atomic mass is 9.91. The van der Waals surface area contributed by atoms with Gasteiger partial charge < -0.3 is 0 Å². The van der Waals surface area contributed by atoms with Crippen LogP contribution in [0.1, 0.15) is 0 Å². The Morgan fingerprint density at radius 2 is 1.00 bits per heavy atom. The molecule has 1 aliphatic rings. The third kappa shape index (κ3) is 3.61. The van der Waals surface area contributed by atoms with Crippen molar-refractivity contribution in [3.05, 3.63) is 149 Å². The molecule has 2 nitrogen and oxygen atoms in total. The molecule has 0 saturated heterocycles. The summed E-state index contributed by atoms with van der Waals surface area (Å²) in [6.45, 7) is 0. The average molecular weight is 610 g/mol. The molecule has 210 valence electrons. The van der Waals surface area contributed by atoms with Gasteiger partial charge >= 0.3 is 0 Å². The summed E-state index contributed by atoms with van der Waals surface area (Å²) in [4.78, 5) is 16.0. The number of aromatic nitrogens is 1. The molecule has 9 aromatic rings. The second-order valence-electron chi connectivity index (χ2n) is 11.7. The van der Waals surface area contributed by atoms with Gasteiger partial charge in [0.25, 0.3) is 5.56 Å². The molecule has 1 aliphatic heterocycles. The molecule has 0 unspecified atom stereocenters. The SMILES string of the molecule is O=c1c2ccccc2c2scc3c2n1-c1ccc(-c2cccc(-c4ccc5c6ccccc6c6ccccc6c5c4)c2)cc1S3. The summed E-state index contributed by atoms with van der Waals surface area (Å²) in [5.41, 5.74) is 6.73. The summed E-state index contributed by atoms with van der Waals surface area (Å²) in [6.07, 6.45) is 0. The molecule has 45 heavy (non-hydrogen) atoms. The molecule has 0 fully saturated rings. The van der Waals surface area contributed by atoms with Crippen LogP contribution in [0.4, 0.5) is 0 Å². The number of rotatable bonds is 2. The van der Waals surface area contributed by atoms with Gasteiger partial charge in [-0.1, -0.05) is 115 Å². The van der Waals surface area contributed by atoms with E-state index in [-0.39, 0.29) is 5.56 Å². The van der Waals surface area contributed by atoms with Crippen molar-refractivity contribution in [3.8, 4) is 27.9 Å². The monoisotopic (exact) mass is 609 g/mol. The fourth-order valence-electron chi connectivity index (χ4n) is 7.17. The molecule has 4 heteroatoms. The van der Waals surface area contributed by atoms with E-state index in [9.17, 15) is 4.79 Å². The number of thiophene rings is 1.